The van der Waals surface area contributed by atoms with Gasteiger partial charge in [0.05, 0.1) is 18.9 Å². The van der Waals surface area contributed by atoms with Crippen LogP contribution in [-0.4, -0.2) is 61.7 Å². The van der Waals surface area contributed by atoms with Gasteiger partial charge in [-0.05, 0) is 6.92 Å². The summed E-state index contributed by atoms with van der Waals surface area (Å²) in [5.41, 5.74) is -2.94. The summed E-state index contributed by atoms with van der Waals surface area (Å²) in [6.45, 7) is 0.683. The molecule has 0 aliphatic carbocycles. The van der Waals surface area contributed by atoms with Gasteiger partial charge in [-0.3, -0.25) is 0 Å². The molecule has 0 saturated carbocycles. The van der Waals surface area contributed by atoms with Crippen molar-refractivity contribution in [1.29, 1.82) is 0 Å². The smallest absolute Gasteiger partial charge is 0.381 e. The minimum absolute atomic E-state index is 0.0697. The van der Waals surface area contributed by atoms with Crippen molar-refractivity contribution in [2.45, 2.75) is 25.1 Å². The van der Waals surface area contributed by atoms with Crippen molar-refractivity contribution >= 4 is 10.0 Å². The summed E-state index contributed by atoms with van der Waals surface area (Å²) >= 11 is 0. The van der Waals surface area contributed by atoms with E-state index in [4.69, 9.17) is 4.74 Å². The standard InChI is InChI=1S/C9H16F3NO4S/c1-2-17-5-6-18(15,16)13-4-3-8(14,7-13)9(10,11)12/h14H,2-7H2,1H3. The predicted molar refractivity (Wildman–Crippen MR) is 57.5 cm³/mol. The van der Waals surface area contributed by atoms with Crippen molar-refractivity contribution < 1.29 is 31.4 Å². The summed E-state index contributed by atoms with van der Waals surface area (Å²) in [5, 5.41) is 9.37. The highest BCUT2D eigenvalue weighted by Gasteiger charge is 2.58. The molecule has 1 heterocycles. The Morgan fingerprint density at radius 1 is 1.44 bits per heavy atom. The first-order chi connectivity index (χ1) is 8.12. The van der Waals surface area contributed by atoms with E-state index in [9.17, 15) is 26.7 Å². The van der Waals surface area contributed by atoms with Crippen LogP contribution in [0.15, 0.2) is 0 Å². The van der Waals surface area contributed by atoms with E-state index in [1.54, 1.807) is 6.92 Å². The number of sulfonamides is 1. The number of halogens is 3. The molecule has 0 spiro atoms. The van der Waals surface area contributed by atoms with Gasteiger partial charge in [0.1, 0.15) is 0 Å². The zero-order chi connectivity index (χ0) is 14.0. The maximum absolute atomic E-state index is 12.5. The van der Waals surface area contributed by atoms with Crippen molar-refractivity contribution in [3.05, 3.63) is 0 Å². The molecule has 0 bridgehead atoms. The molecule has 1 unspecified atom stereocenters. The van der Waals surface area contributed by atoms with Crippen LogP contribution in [0, 0.1) is 0 Å². The molecule has 1 N–H and O–H groups in total. The highest BCUT2D eigenvalue weighted by atomic mass is 32.2. The van der Waals surface area contributed by atoms with Crippen LogP contribution in [-0.2, 0) is 14.8 Å². The Morgan fingerprint density at radius 2 is 2.06 bits per heavy atom. The molecule has 1 fully saturated rings. The van der Waals surface area contributed by atoms with Crippen LogP contribution in [0.1, 0.15) is 13.3 Å². The second-order valence-electron chi connectivity index (χ2n) is 4.13. The summed E-state index contributed by atoms with van der Waals surface area (Å²) in [6, 6.07) is 0. The van der Waals surface area contributed by atoms with Crippen molar-refractivity contribution in [3.63, 3.8) is 0 Å². The van der Waals surface area contributed by atoms with Crippen LogP contribution in [0.4, 0.5) is 13.2 Å². The van der Waals surface area contributed by atoms with Crippen LogP contribution < -0.4 is 0 Å². The fourth-order valence-corrected chi connectivity index (χ4v) is 3.03. The van der Waals surface area contributed by atoms with Gasteiger partial charge in [0.25, 0.3) is 0 Å². The van der Waals surface area contributed by atoms with E-state index in [-0.39, 0.29) is 18.9 Å². The summed E-state index contributed by atoms with van der Waals surface area (Å²) in [7, 11) is -3.82. The highest BCUT2D eigenvalue weighted by molar-refractivity contribution is 7.89. The Balaban J connectivity index is 2.66. The van der Waals surface area contributed by atoms with E-state index in [1.807, 2.05) is 0 Å². The van der Waals surface area contributed by atoms with E-state index < -0.39 is 34.8 Å². The third-order valence-electron chi connectivity index (χ3n) is 2.82. The Morgan fingerprint density at radius 3 is 2.50 bits per heavy atom. The van der Waals surface area contributed by atoms with Gasteiger partial charge < -0.3 is 9.84 Å². The van der Waals surface area contributed by atoms with E-state index in [0.717, 1.165) is 0 Å². The summed E-state index contributed by atoms with van der Waals surface area (Å²) in [4.78, 5) is 0. The Hall–Kier alpha value is -0.380. The van der Waals surface area contributed by atoms with Crippen molar-refractivity contribution in [1.82, 2.24) is 4.31 Å². The minimum Gasteiger partial charge on any atom is -0.381 e. The molecule has 1 aliphatic heterocycles. The highest BCUT2D eigenvalue weighted by Crippen LogP contribution is 2.38. The van der Waals surface area contributed by atoms with Gasteiger partial charge in [0.2, 0.25) is 10.0 Å². The van der Waals surface area contributed by atoms with Crippen molar-refractivity contribution in [3.8, 4) is 0 Å². The van der Waals surface area contributed by atoms with Crippen LogP contribution >= 0.6 is 0 Å². The molecular formula is C9H16F3NO4S. The van der Waals surface area contributed by atoms with Gasteiger partial charge >= 0.3 is 6.18 Å². The monoisotopic (exact) mass is 291 g/mol. The lowest BCUT2D eigenvalue weighted by atomic mass is 10.0. The predicted octanol–water partition coefficient (Wildman–Crippen LogP) is 0.352. The number of ether oxygens (including phenoxy) is 1. The largest absolute Gasteiger partial charge is 0.418 e. The number of rotatable bonds is 5. The maximum atomic E-state index is 12.5. The number of alkyl halides is 3. The second kappa shape index (κ2) is 5.32. The van der Waals surface area contributed by atoms with Crippen LogP contribution in [0.2, 0.25) is 0 Å². The lowest BCUT2D eigenvalue weighted by Crippen LogP contribution is -2.48. The number of aliphatic hydroxyl groups is 1. The first-order valence-electron chi connectivity index (χ1n) is 5.47. The molecular weight excluding hydrogens is 275 g/mol. The van der Waals surface area contributed by atoms with E-state index in [2.05, 4.69) is 0 Å². The van der Waals surface area contributed by atoms with Gasteiger partial charge in [-0.1, -0.05) is 0 Å². The topological polar surface area (TPSA) is 66.8 Å². The van der Waals surface area contributed by atoms with Gasteiger partial charge in [0.15, 0.2) is 5.60 Å². The molecule has 1 atom stereocenters. The van der Waals surface area contributed by atoms with Crippen LogP contribution in [0.25, 0.3) is 0 Å². The first kappa shape index (κ1) is 15.7. The Bertz CT molecular complexity index is 384. The minimum atomic E-state index is -4.82. The summed E-state index contributed by atoms with van der Waals surface area (Å²) in [6.07, 6.45) is -5.46. The zero-order valence-corrected chi connectivity index (χ0v) is 10.7. The van der Waals surface area contributed by atoms with E-state index >= 15 is 0 Å². The molecule has 0 aromatic heterocycles. The molecule has 18 heavy (non-hydrogen) atoms. The Labute approximate surface area is 104 Å². The van der Waals surface area contributed by atoms with Gasteiger partial charge in [-0.25, -0.2) is 8.42 Å². The van der Waals surface area contributed by atoms with E-state index in [1.165, 1.54) is 0 Å². The summed E-state index contributed by atoms with van der Waals surface area (Å²) in [5.74, 6) is -0.380. The van der Waals surface area contributed by atoms with Gasteiger partial charge in [0, 0.05) is 19.6 Å². The first-order valence-corrected chi connectivity index (χ1v) is 7.08. The quantitative estimate of drug-likeness (QED) is 0.742. The number of hydrogen-bond acceptors (Lipinski definition) is 4. The molecule has 0 aromatic rings. The van der Waals surface area contributed by atoms with Crippen LogP contribution in [0.3, 0.4) is 0 Å². The second-order valence-corrected chi connectivity index (χ2v) is 6.21. The molecule has 0 radical (unpaired) electrons. The van der Waals surface area contributed by atoms with Crippen LogP contribution in [0.5, 0.6) is 0 Å². The summed E-state index contributed by atoms with van der Waals surface area (Å²) < 4.78 is 66.5. The fourth-order valence-electron chi connectivity index (χ4n) is 1.67. The van der Waals surface area contributed by atoms with Gasteiger partial charge in [-0.2, -0.15) is 17.5 Å². The number of β-amino-alcohol motifs (C(OH)–C–C–N with tert-alkyl or cyclic N) is 1. The molecule has 0 aromatic carbocycles. The van der Waals surface area contributed by atoms with Gasteiger partial charge in [-0.15, -0.1) is 0 Å². The lowest BCUT2D eigenvalue weighted by Gasteiger charge is -2.25. The third kappa shape index (κ3) is 3.34. The molecule has 1 rings (SSSR count). The molecule has 1 saturated heterocycles. The van der Waals surface area contributed by atoms with E-state index in [0.29, 0.717) is 10.9 Å². The Kier molecular flexibility index (Phi) is 4.63. The third-order valence-corrected chi connectivity index (χ3v) is 4.60. The average molecular weight is 291 g/mol. The van der Waals surface area contributed by atoms with Crippen molar-refractivity contribution in [2.24, 2.45) is 0 Å². The molecule has 108 valence electrons. The maximum Gasteiger partial charge on any atom is 0.418 e. The van der Waals surface area contributed by atoms with Crippen molar-refractivity contribution in [2.75, 3.05) is 32.1 Å². The normalized spacial score (nSPS) is 26.7. The fraction of sp³-hybridized carbons (Fsp3) is 1.00. The molecule has 1 aliphatic rings. The molecule has 9 heteroatoms. The zero-order valence-electron chi connectivity index (χ0n) is 9.90. The SMILES string of the molecule is CCOCCS(=O)(=O)N1CCC(O)(C(F)(F)F)C1. The molecule has 5 nitrogen and oxygen atoms in total. The molecule has 0 amide bonds. The number of nitrogens with zero attached hydrogens (tertiary/aromatic N) is 1. The number of hydrogen-bond donors (Lipinski definition) is 1. The average Bonchev–Trinajstić information content (AvgIpc) is 2.62. The lowest BCUT2D eigenvalue weighted by molar-refractivity contribution is -0.252.